The van der Waals surface area contributed by atoms with Gasteiger partial charge in [0.05, 0.1) is 5.60 Å². The fourth-order valence-electron chi connectivity index (χ4n) is 4.43. The molecule has 2 aliphatic heterocycles. The van der Waals surface area contributed by atoms with Gasteiger partial charge in [-0.3, -0.25) is 9.59 Å². The zero-order valence-corrected chi connectivity index (χ0v) is 15.3. The Hall–Kier alpha value is -0.850. The van der Waals surface area contributed by atoms with Crippen molar-refractivity contribution in [3.05, 3.63) is 0 Å². The Morgan fingerprint density at radius 2 is 1.79 bits per heavy atom. The van der Waals surface area contributed by atoms with Crippen molar-refractivity contribution in [1.29, 1.82) is 0 Å². The number of halogens is 1. The molecule has 0 aromatic carbocycles. The first-order chi connectivity index (χ1) is 11.0. The molecule has 6 nitrogen and oxygen atoms in total. The van der Waals surface area contributed by atoms with E-state index >= 15 is 0 Å². The highest BCUT2D eigenvalue weighted by molar-refractivity contribution is 6.00. The van der Waals surface area contributed by atoms with E-state index in [2.05, 4.69) is 17.6 Å². The average Bonchev–Trinajstić information content (AvgIpc) is 3.00. The smallest absolute Gasteiger partial charge is 0.249 e. The van der Waals surface area contributed by atoms with E-state index in [1.807, 2.05) is 0 Å². The molecule has 2 saturated heterocycles. The third-order valence-electron chi connectivity index (χ3n) is 5.90. The molecule has 1 saturated carbocycles. The van der Waals surface area contributed by atoms with Gasteiger partial charge >= 0.3 is 0 Å². The summed E-state index contributed by atoms with van der Waals surface area (Å²) in [7, 11) is 0. The fourth-order valence-corrected chi connectivity index (χ4v) is 4.43. The van der Waals surface area contributed by atoms with Crippen molar-refractivity contribution in [3.63, 3.8) is 0 Å². The number of hydrogen-bond acceptors (Lipinski definition) is 4. The van der Waals surface area contributed by atoms with Crippen LogP contribution < -0.4 is 10.6 Å². The summed E-state index contributed by atoms with van der Waals surface area (Å²) in [6, 6.07) is -0.769. The van der Waals surface area contributed by atoms with E-state index < -0.39 is 17.2 Å². The first kappa shape index (κ1) is 19.5. The number of nitrogens with one attached hydrogen (secondary N) is 2. The van der Waals surface area contributed by atoms with Crippen LogP contribution >= 0.6 is 12.4 Å². The normalized spacial score (nSPS) is 28.6. The van der Waals surface area contributed by atoms with E-state index in [0.29, 0.717) is 32.2 Å². The molecule has 0 aromatic heterocycles. The number of unbranched alkanes of at least 4 members (excludes halogenated alkanes) is 1. The van der Waals surface area contributed by atoms with Crippen LogP contribution in [0.2, 0.25) is 0 Å². The number of carbonyl (C=O) groups is 2. The molecular weight excluding hydrogens is 330 g/mol. The molecule has 2 amide bonds. The van der Waals surface area contributed by atoms with Crippen molar-refractivity contribution in [3.8, 4) is 0 Å². The molecule has 138 valence electrons. The van der Waals surface area contributed by atoms with Gasteiger partial charge in [0.1, 0.15) is 11.6 Å². The summed E-state index contributed by atoms with van der Waals surface area (Å²) < 4.78 is 0. The number of nitrogens with zero attached hydrogens (tertiary/aromatic N) is 1. The molecule has 1 unspecified atom stereocenters. The summed E-state index contributed by atoms with van der Waals surface area (Å²) in [5, 5.41) is 17.0. The quantitative estimate of drug-likeness (QED) is 0.698. The lowest BCUT2D eigenvalue weighted by Gasteiger charge is -2.52. The van der Waals surface area contributed by atoms with Gasteiger partial charge in [0.25, 0.3) is 0 Å². The zero-order valence-electron chi connectivity index (χ0n) is 14.5. The van der Waals surface area contributed by atoms with Crippen LogP contribution in [0.3, 0.4) is 0 Å². The summed E-state index contributed by atoms with van der Waals surface area (Å²) in [6.07, 6.45) is 6.20. The number of piperidine rings is 1. The second kappa shape index (κ2) is 7.58. The lowest BCUT2D eigenvalue weighted by Crippen LogP contribution is -2.76. The number of piperazine rings is 1. The highest BCUT2D eigenvalue weighted by Gasteiger charge is 2.57. The van der Waals surface area contributed by atoms with Gasteiger partial charge < -0.3 is 20.6 Å². The summed E-state index contributed by atoms with van der Waals surface area (Å²) in [4.78, 5) is 27.9. The van der Waals surface area contributed by atoms with Gasteiger partial charge in [-0.25, -0.2) is 0 Å². The standard InChI is InChI=1S/C17H29N3O3.ClH/c1-2-3-12-20-14(21)13(17(23)6-4-5-7-17)19-15(22)16(20)8-10-18-11-9-16;/h13,18,23H,2-12H2,1H3,(H,19,22);1H. The van der Waals surface area contributed by atoms with Crippen molar-refractivity contribution in [2.24, 2.45) is 0 Å². The second-order valence-electron chi connectivity index (χ2n) is 7.34. The summed E-state index contributed by atoms with van der Waals surface area (Å²) >= 11 is 0. The van der Waals surface area contributed by atoms with Gasteiger partial charge in [0.15, 0.2) is 0 Å². The van der Waals surface area contributed by atoms with Gasteiger partial charge in [-0.05, 0) is 45.2 Å². The van der Waals surface area contributed by atoms with E-state index in [9.17, 15) is 14.7 Å². The van der Waals surface area contributed by atoms with Crippen molar-refractivity contribution in [2.75, 3.05) is 19.6 Å². The molecule has 1 spiro atoms. The van der Waals surface area contributed by atoms with Gasteiger partial charge in [-0.2, -0.15) is 0 Å². The predicted octanol–water partition coefficient (Wildman–Crippen LogP) is 0.963. The molecule has 2 heterocycles. The maximum atomic E-state index is 13.2. The number of hydrogen-bond donors (Lipinski definition) is 3. The van der Waals surface area contributed by atoms with Crippen LogP contribution in [-0.4, -0.2) is 58.6 Å². The molecule has 3 fully saturated rings. The Kier molecular flexibility index (Phi) is 6.15. The molecule has 0 aromatic rings. The van der Waals surface area contributed by atoms with E-state index in [1.54, 1.807) is 4.90 Å². The molecule has 7 heteroatoms. The summed E-state index contributed by atoms with van der Waals surface area (Å²) in [6.45, 7) is 4.19. The minimum absolute atomic E-state index is 0. The van der Waals surface area contributed by atoms with Gasteiger partial charge in [-0.15, -0.1) is 12.4 Å². The van der Waals surface area contributed by atoms with E-state index in [-0.39, 0.29) is 24.2 Å². The minimum atomic E-state index is -1.06. The monoisotopic (exact) mass is 359 g/mol. The Labute approximate surface area is 150 Å². The number of aliphatic hydroxyl groups is 1. The fraction of sp³-hybridized carbons (Fsp3) is 0.882. The lowest BCUT2D eigenvalue weighted by atomic mass is 9.79. The highest BCUT2D eigenvalue weighted by Crippen LogP contribution is 2.38. The van der Waals surface area contributed by atoms with Crippen LogP contribution in [0.25, 0.3) is 0 Å². The maximum absolute atomic E-state index is 13.2. The third kappa shape index (κ3) is 3.16. The molecule has 3 N–H and O–H groups in total. The van der Waals surface area contributed by atoms with Crippen molar-refractivity contribution < 1.29 is 14.7 Å². The van der Waals surface area contributed by atoms with Crippen LogP contribution in [0.15, 0.2) is 0 Å². The SMILES string of the molecule is CCCCN1C(=O)C(C2(O)CCCC2)NC(=O)C12CCNCC2.Cl. The Morgan fingerprint density at radius 1 is 1.17 bits per heavy atom. The maximum Gasteiger partial charge on any atom is 0.249 e. The molecule has 3 rings (SSSR count). The minimum Gasteiger partial charge on any atom is -0.387 e. The third-order valence-corrected chi connectivity index (χ3v) is 5.90. The highest BCUT2D eigenvalue weighted by atomic mass is 35.5. The first-order valence-electron chi connectivity index (χ1n) is 9.09. The molecular formula is C17H30ClN3O3. The van der Waals surface area contributed by atoms with Gasteiger partial charge in [-0.1, -0.05) is 26.2 Å². The topological polar surface area (TPSA) is 81.7 Å². The molecule has 0 bridgehead atoms. The molecule has 1 atom stereocenters. The van der Waals surface area contributed by atoms with Gasteiger partial charge in [0, 0.05) is 6.54 Å². The first-order valence-corrected chi connectivity index (χ1v) is 9.09. The lowest BCUT2D eigenvalue weighted by molar-refractivity contribution is -0.167. The molecule has 24 heavy (non-hydrogen) atoms. The molecule has 1 aliphatic carbocycles. The van der Waals surface area contributed by atoms with Crippen molar-refractivity contribution >= 4 is 24.2 Å². The molecule has 0 radical (unpaired) electrons. The van der Waals surface area contributed by atoms with Crippen molar-refractivity contribution in [2.45, 2.75) is 75.5 Å². The van der Waals surface area contributed by atoms with Crippen LogP contribution in [0.1, 0.15) is 58.3 Å². The van der Waals surface area contributed by atoms with E-state index in [4.69, 9.17) is 0 Å². The number of amides is 2. The number of carbonyl (C=O) groups excluding carboxylic acids is 2. The van der Waals surface area contributed by atoms with E-state index in [0.717, 1.165) is 38.8 Å². The largest absolute Gasteiger partial charge is 0.387 e. The van der Waals surface area contributed by atoms with Gasteiger partial charge in [0.2, 0.25) is 11.8 Å². The summed E-state index contributed by atoms with van der Waals surface area (Å²) in [5.41, 5.74) is -1.78. The van der Waals surface area contributed by atoms with Crippen LogP contribution in [0.5, 0.6) is 0 Å². The second-order valence-corrected chi connectivity index (χ2v) is 7.34. The van der Waals surface area contributed by atoms with E-state index in [1.165, 1.54) is 0 Å². The zero-order chi connectivity index (χ0) is 16.5. The Morgan fingerprint density at radius 3 is 2.38 bits per heavy atom. The summed E-state index contributed by atoms with van der Waals surface area (Å²) in [5.74, 6) is -0.149. The van der Waals surface area contributed by atoms with Crippen LogP contribution in [0.4, 0.5) is 0 Å². The van der Waals surface area contributed by atoms with Crippen LogP contribution in [-0.2, 0) is 9.59 Å². The Balaban J connectivity index is 0.00000208. The predicted molar refractivity (Wildman–Crippen MR) is 94.1 cm³/mol. The van der Waals surface area contributed by atoms with Crippen molar-refractivity contribution in [1.82, 2.24) is 15.5 Å². The Bertz CT molecular complexity index is 474. The number of rotatable bonds is 4. The average molecular weight is 360 g/mol. The van der Waals surface area contributed by atoms with Crippen LogP contribution in [0, 0.1) is 0 Å². The molecule has 3 aliphatic rings.